The molecule has 0 aromatic heterocycles. The minimum atomic E-state index is -0.791. The number of benzene rings is 1. The van der Waals surface area contributed by atoms with Gasteiger partial charge in [0, 0.05) is 12.2 Å². The molecule has 2 atom stereocenters. The summed E-state index contributed by atoms with van der Waals surface area (Å²) in [5, 5.41) is 22.2. The summed E-state index contributed by atoms with van der Waals surface area (Å²) in [6, 6.07) is 8.41. The number of amides is 1. The number of nitrogens with one attached hydrogen (secondary N) is 1. The average Bonchev–Trinajstić information content (AvgIpc) is 2.61. The van der Waals surface area contributed by atoms with E-state index >= 15 is 0 Å². The van der Waals surface area contributed by atoms with Crippen LogP contribution >= 0.6 is 0 Å². The standard InChI is InChI=1S/C20H31NO3/c1-2-3-4-5-6-7-11-14-19(23)18(15-16-22)21-20(24)17-12-9-8-10-13-17/h8-14,18-19,22-23H,2-7,15-16H2,1H3,(H,21,24)/b14-11+/t18-,19+/m0/s1. The number of carbonyl (C=O) groups is 1. The van der Waals surface area contributed by atoms with Gasteiger partial charge in [0.25, 0.3) is 5.91 Å². The van der Waals surface area contributed by atoms with Gasteiger partial charge in [-0.05, 0) is 31.4 Å². The second kappa shape index (κ2) is 12.7. The van der Waals surface area contributed by atoms with Gasteiger partial charge in [0.2, 0.25) is 0 Å². The molecule has 0 saturated heterocycles. The molecule has 4 nitrogen and oxygen atoms in total. The number of aliphatic hydroxyl groups is 2. The monoisotopic (exact) mass is 333 g/mol. The Morgan fingerprint density at radius 2 is 1.88 bits per heavy atom. The second-order valence-electron chi connectivity index (χ2n) is 6.08. The van der Waals surface area contributed by atoms with Crippen molar-refractivity contribution in [2.24, 2.45) is 0 Å². The molecule has 0 spiro atoms. The molecular formula is C20H31NO3. The van der Waals surface area contributed by atoms with Crippen LogP contribution in [0, 0.1) is 0 Å². The predicted octanol–water partition coefficient (Wildman–Crippen LogP) is 3.45. The van der Waals surface area contributed by atoms with Crippen molar-refractivity contribution in [2.45, 2.75) is 64.0 Å². The van der Waals surface area contributed by atoms with Gasteiger partial charge in [0.15, 0.2) is 0 Å². The van der Waals surface area contributed by atoms with Crippen LogP contribution in [0.4, 0.5) is 0 Å². The third kappa shape index (κ3) is 8.27. The Balaban J connectivity index is 2.43. The van der Waals surface area contributed by atoms with Gasteiger partial charge in [-0.1, -0.05) is 63.0 Å². The quantitative estimate of drug-likeness (QED) is 0.405. The Hall–Kier alpha value is -1.65. The van der Waals surface area contributed by atoms with Gasteiger partial charge in [-0.15, -0.1) is 0 Å². The number of allylic oxidation sites excluding steroid dienone is 1. The highest BCUT2D eigenvalue weighted by atomic mass is 16.3. The Bertz CT molecular complexity index is 473. The molecule has 24 heavy (non-hydrogen) atoms. The molecule has 0 heterocycles. The highest BCUT2D eigenvalue weighted by Crippen LogP contribution is 2.08. The van der Waals surface area contributed by atoms with Crippen molar-refractivity contribution in [3.8, 4) is 0 Å². The first-order valence-electron chi connectivity index (χ1n) is 9.00. The Morgan fingerprint density at radius 1 is 1.17 bits per heavy atom. The molecule has 0 bridgehead atoms. The third-order valence-electron chi connectivity index (χ3n) is 4.01. The molecule has 1 aromatic carbocycles. The normalized spacial score (nSPS) is 13.8. The highest BCUT2D eigenvalue weighted by molar-refractivity contribution is 5.94. The van der Waals surface area contributed by atoms with Crippen molar-refractivity contribution in [3.05, 3.63) is 48.0 Å². The molecule has 3 N–H and O–H groups in total. The van der Waals surface area contributed by atoms with E-state index in [1.54, 1.807) is 30.3 Å². The van der Waals surface area contributed by atoms with E-state index < -0.39 is 12.1 Å². The Morgan fingerprint density at radius 3 is 2.54 bits per heavy atom. The number of aliphatic hydroxyl groups excluding tert-OH is 2. The summed E-state index contributed by atoms with van der Waals surface area (Å²) >= 11 is 0. The molecule has 4 heteroatoms. The molecule has 0 aliphatic carbocycles. The van der Waals surface area contributed by atoms with Crippen molar-refractivity contribution in [2.75, 3.05) is 6.61 Å². The molecular weight excluding hydrogens is 302 g/mol. The summed E-state index contributed by atoms with van der Waals surface area (Å²) in [4.78, 5) is 12.2. The molecule has 0 radical (unpaired) electrons. The average molecular weight is 333 g/mol. The van der Waals surface area contributed by atoms with Gasteiger partial charge in [0.05, 0.1) is 12.1 Å². The van der Waals surface area contributed by atoms with E-state index in [0.29, 0.717) is 12.0 Å². The second-order valence-corrected chi connectivity index (χ2v) is 6.08. The third-order valence-corrected chi connectivity index (χ3v) is 4.01. The molecule has 1 rings (SSSR count). The number of hydrogen-bond acceptors (Lipinski definition) is 3. The van der Waals surface area contributed by atoms with Crippen LogP contribution in [-0.4, -0.2) is 34.9 Å². The number of unbranched alkanes of at least 4 members (excludes halogenated alkanes) is 5. The van der Waals surface area contributed by atoms with Gasteiger partial charge >= 0.3 is 0 Å². The number of hydrogen-bond donors (Lipinski definition) is 3. The summed E-state index contributed by atoms with van der Waals surface area (Å²) < 4.78 is 0. The lowest BCUT2D eigenvalue weighted by Crippen LogP contribution is -2.43. The Labute approximate surface area is 145 Å². The number of rotatable bonds is 12. The SMILES string of the molecule is CCCCCCC/C=C/[C@@H](O)[C@H](CCO)NC(=O)c1ccccc1. The minimum absolute atomic E-state index is 0.0817. The molecule has 0 fully saturated rings. The van der Waals surface area contributed by atoms with Crippen LogP contribution in [0.3, 0.4) is 0 Å². The van der Waals surface area contributed by atoms with Crippen molar-refractivity contribution in [1.82, 2.24) is 5.32 Å². The zero-order valence-electron chi connectivity index (χ0n) is 14.7. The maximum Gasteiger partial charge on any atom is 0.251 e. The molecule has 1 aromatic rings. The van der Waals surface area contributed by atoms with E-state index in [-0.39, 0.29) is 12.5 Å². The van der Waals surface area contributed by atoms with Crippen molar-refractivity contribution < 1.29 is 15.0 Å². The topological polar surface area (TPSA) is 69.6 Å². The lowest BCUT2D eigenvalue weighted by molar-refractivity contribution is 0.0861. The molecule has 1 amide bonds. The fourth-order valence-corrected chi connectivity index (χ4v) is 2.54. The largest absolute Gasteiger partial charge is 0.396 e. The van der Waals surface area contributed by atoms with Crippen LogP contribution in [0.5, 0.6) is 0 Å². The predicted molar refractivity (Wildman–Crippen MR) is 97.9 cm³/mol. The fraction of sp³-hybridized carbons (Fsp3) is 0.550. The van der Waals surface area contributed by atoms with E-state index in [1.807, 2.05) is 12.1 Å². The van der Waals surface area contributed by atoms with Crippen molar-refractivity contribution >= 4 is 5.91 Å². The first kappa shape index (κ1) is 20.4. The van der Waals surface area contributed by atoms with Crippen molar-refractivity contribution in [1.29, 1.82) is 0 Å². The fourth-order valence-electron chi connectivity index (χ4n) is 2.54. The van der Waals surface area contributed by atoms with Gasteiger partial charge in [0.1, 0.15) is 0 Å². The molecule has 0 aliphatic heterocycles. The van der Waals surface area contributed by atoms with Crippen LogP contribution < -0.4 is 5.32 Å². The van der Waals surface area contributed by atoms with E-state index in [9.17, 15) is 15.0 Å². The molecule has 0 aliphatic rings. The van der Waals surface area contributed by atoms with Crippen LogP contribution in [0.25, 0.3) is 0 Å². The molecule has 134 valence electrons. The first-order chi connectivity index (χ1) is 11.7. The van der Waals surface area contributed by atoms with Gasteiger partial charge in [-0.3, -0.25) is 4.79 Å². The van der Waals surface area contributed by atoms with Crippen LogP contribution in [-0.2, 0) is 0 Å². The zero-order valence-corrected chi connectivity index (χ0v) is 14.7. The van der Waals surface area contributed by atoms with E-state index in [1.165, 1.54) is 25.7 Å². The smallest absolute Gasteiger partial charge is 0.251 e. The number of carbonyl (C=O) groups excluding carboxylic acids is 1. The van der Waals surface area contributed by atoms with Crippen LogP contribution in [0.15, 0.2) is 42.5 Å². The summed E-state index contributed by atoms with van der Waals surface area (Å²) in [6.07, 6.45) is 10.2. The Kier molecular flexibility index (Phi) is 10.8. The highest BCUT2D eigenvalue weighted by Gasteiger charge is 2.19. The maximum atomic E-state index is 12.2. The van der Waals surface area contributed by atoms with E-state index in [4.69, 9.17) is 0 Å². The van der Waals surface area contributed by atoms with E-state index in [0.717, 1.165) is 12.8 Å². The zero-order chi connectivity index (χ0) is 17.6. The molecule has 0 saturated carbocycles. The van der Waals surface area contributed by atoms with Gasteiger partial charge in [-0.2, -0.15) is 0 Å². The van der Waals surface area contributed by atoms with Gasteiger partial charge < -0.3 is 15.5 Å². The van der Waals surface area contributed by atoms with Crippen LogP contribution in [0.1, 0.15) is 62.2 Å². The lowest BCUT2D eigenvalue weighted by Gasteiger charge is -2.21. The lowest BCUT2D eigenvalue weighted by atomic mass is 10.0. The summed E-state index contributed by atoms with van der Waals surface area (Å²) in [5.74, 6) is -0.235. The summed E-state index contributed by atoms with van der Waals surface area (Å²) in [7, 11) is 0. The van der Waals surface area contributed by atoms with E-state index in [2.05, 4.69) is 12.2 Å². The maximum absolute atomic E-state index is 12.2. The summed E-state index contributed by atoms with van der Waals surface area (Å²) in [5.41, 5.74) is 0.549. The summed E-state index contributed by atoms with van der Waals surface area (Å²) in [6.45, 7) is 2.11. The first-order valence-corrected chi connectivity index (χ1v) is 9.00. The van der Waals surface area contributed by atoms with Crippen LogP contribution in [0.2, 0.25) is 0 Å². The molecule has 0 unspecified atom stereocenters. The minimum Gasteiger partial charge on any atom is -0.396 e. The van der Waals surface area contributed by atoms with Crippen molar-refractivity contribution in [3.63, 3.8) is 0 Å². The van der Waals surface area contributed by atoms with Gasteiger partial charge in [-0.25, -0.2) is 0 Å².